The lowest BCUT2D eigenvalue weighted by molar-refractivity contribution is 0.0949. The fraction of sp³-hybridized carbons (Fsp3) is 0.562. The fourth-order valence-corrected chi connectivity index (χ4v) is 3.18. The summed E-state index contributed by atoms with van der Waals surface area (Å²) < 4.78 is 1.00. The Morgan fingerprint density at radius 2 is 2.05 bits per heavy atom. The maximum atomic E-state index is 11.9. The number of benzene rings is 1. The third-order valence-electron chi connectivity index (χ3n) is 3.99. The van der Waals surface area contributed by atoms with Crippen LogP contribution in [0.15, 0.2) is 28.7 Å². The van der Waals surface area contributed by atoms with Crippen LogP contribution >= 0.6 is 15.9 Å². The molecule has 0 aromatic heterocycles. The van der Waals surface area contributed by atoms with Gasteiger partial charge in [0.2, 0.25) is 0 Å². The molecule has 2 nitrogen and oxygen atoms in total. The Labute approximate surface area is 124 Å². The smallest absolute Gasteiger partial charge is 0.251 e. The summed E-state index contributed by atoms with van der Waals surface area (Å²) in [5.74, 6) is 1.70. The Morgan fingerprint density at radius 3 is 2.74 bits per heavy atom. The number of hydrogen-bond donors (Lipinski definition) is 1. The van der Waals surface area contributed by atoms with Crippen LogP contribution in [0.2, 0.25) is 0 Å². The van der Waals surface area contributed by atoms with Crippen molar-refractivity contribution in [2.24, 2.45) is 11.8 Å². The summed E-state index contributed by atoms with van der Waals surface area (Å²) in [4.78, 5) is 11.9. The van der Waals surface area contributed by atoms with Crippen molar-refractivity contribution in [3.8, 4) is 0 Å². The highest BCUT2D eigenvalue weighted by Crippen LogP contribution is 2.30. The van der Waals surface area contributed by atoms with Gasteiger partial charge in [0.25, 0.3) is 5.91 Å². The summed E-state index contributed by atoms with van der Waals surface area (Å²) in [6, 6.07) is 7.50. The summed E-state index contributed by atoms with van der Waals surface area (Å²) in [6.07, 6.45) is 6.51. The van der Waals surface area contributed by atoms with E-state index in [2.05, 4.69) is 28.2 Å². The lowest BCUT2D eigenvalue weighted by Gasteiger charge is -2.26. The first-order valence-electron chi connectivity index (χ1n) is 7.19. The van der Waals surface area contributed by atoms with Gasteiger partial charge in [0.05, 0.1) is 0 Å². The van der Waals surface area contributed by atoms with E-state index in [4.69, 9.17) is 0 Å². The molecule has 0 saturated heterocycles. The van der Waals surface area contributed by atoms with E-state index in [-0.39, 0.29) is 5.91 Å². The molecule has 1 fully saturated rings. The molecule has 2 atom stereocenters. The molecule has 2 rings (SSSR count). The molecule has 1 aliphatic rings. The van der Waals surface area contributed by atoms with Gasteiger partial charge >= 0.3 is 0 Å². The Kier molecular flexibility index (Phi) is 5.44. The molecule has 3 heteroatoms. The van der Waals surface area contributed by atoms with E-state index in [0.717, 1.165) is 34.8 Å². The number of carbonyl (C=O) groups excluding carboxylic acids is 1. The number of carbonyl (C=O) groups is 1. The molecule has 0 bridgehead atoms. The SMILES string of the molecule is CC1CCCC(CCNC(=O)c2ccc(Br)cc2)C1. The molecule has 1 amide bonds. The number of halogens is 1. The van der Waals surface area contributed by atoms with Crippen LogP contribution < -0.4 is 5.32 Å². The van der Waals surface area contributed by atoms with E-state index < -0.39 is 0 Å². The molecule has 104 valence electrons. The number of rotatable bonds is 4. The van der Waals surface area contributed by atoms with Crippen molar-refractivity contribution in [1.82, 2.24) is 5.32 Å². The van der Waals surface area contributed by atoms with Crippen LogP contribution in [0.4, 0.5) is 0 Å². The van der Waals surface area contributed by atoms with Crippen LogP contribution in [0.3, 0.4) is 0 Å². The summed E-state index contributed by atoms with van der Waals surface area (Å²) in [5, 5.41) is 3.03. The Morgan fingerprint density at radius 1 is 1.32 bits per heavy atom. The zero-order valence-electron chi connectivity index (χ0n) is 11.5. The first-order chi connectivity index (χ1) is 9.15. The minimum Gasteiger partial charge on any atom is -0.352 e. The zero-order valence-corrected chi connectivity index (χ0v) is 13.1. The topological polar surface area (TPSA) is 29.1 Å². The van der Waals surface area contributed by atoms with Crippen LogP contribution in [-0.4, -0.2) is 12.5 Å². The monoisotopic (exact) mass is 323 g/mol. The minimum absolute atomic E-state index is 0.0383. The van der Waals surface area contributed by atoms with Gasteiger partial charge in [0, 0.05) is 16.6 Å². The highest BCUT2D eigenvalue weighted by molar-refractivity contribution is 9.10. The summed E-state index contributed by atoms with van der Waals surface area (Å²) in [7, 11) is 0. The molecule has 0 radical (unpaired) electrons. The molecule has 1 saturated carbocycles. The molecule has 0 spiro atoms. The van der Waals surface area contributed by atoms with Gasteiger partial charge in [-0.3, -0.25) is 4.79 Å². The maximum absolute atomic E-state index is 11.9. The van der Waals surface area contributed by atoms with Gasteiger partial charge in [0.15, 0.2) is 0 Å². The number of hydrogen-bond acceptors (Lipinski definition) is 1. The highest BCUT2D eigenvalue weighted by atomic mass is 79.9. The van der Waals surface area contributed by atoms with Crippen LogP contribution in [0.1, 0.15) is 49.4 Å². The molecule has 1 aromatic rings. The molecule has 19 heavy (non-hydrogen) atoms. The van der Waals surface area contributed by atoms with Crippen molar-refractivity contribution in [3.63, 3.8) is 0 Å². The van der Waals surface area contributed by atoms with Crippen molar-refractivity contribution in [1.29, 1.82) is 0 Å². The second-order valence-electron chi connectivity index (χ2n) is 5.69. The fourth-order valence-electron chi connectivity index (χ4n) is 2.92. The van der Waals surface area contributed by atoms with E-state index in [1.807, 2.05) is 24.3 Å². The Bertz CT molecular complexity index is 415. The summed E-state index contributed by atoms with van der Waals surface area (Å²) >= 11 is 3.37. The third kappa shape index (κ3) is 4.64. The molecular weight excluding hydrogens is 302 g/mol. The second kappa shape index (κ2) is 7.09. The van der Waals surface area contributed by atoms with E-state index >= 15 is 0 Å². The van der Waals surface area contributed by atoms with Gasteiger partial charge in [-0.25, -0.2) is 0 Å². The van der Waals surface area contributed by atoms with Gasteiger partial charge < -0.3 is 5.32 Å². The van der Waals surface area contributed by atoms with Crippen molar-refractivity contribution >= 4 is 21.8 Å². The standard InChI is InChI=1S/C16H22BrNO/c1-12-3-2-4-13(11-12)9-10-18-16(19)14-5-7-15(17)8-6-14/h5-8,12-13H,2-4,9-11H2,1H3,(H,18,19). The minimum atomic E-state index is 0.0383. The van der Waals surface area contributed by atoms with Crippen LogP contribution in [0.25, 0.3) is 0 Å². The molecule has 1 aliphatic carbocycles. The van der Waals surface area contributed by atoms with Gasteiger partial charge in [-0.05, 0) is 48.9 Å². The second-order valence-corrected chi connectivity index (χ2v) is 6.60. The molecule has 2 unspecified atom stereocenters. The average molecular weight is 324 g/mol. The van der Waals surface area contributed by atoms with Crippen LogP contribution in [0.5, 0.6) is 0 Å². The quantitative estimate of drug-likeness (QED) is 0.874. The van der Waals surface area contributed by atoms with E-state index in [9.17, 15) is 4.79 Å². The van der Waals surface area contributed by atoms with Crippen molar-refractivity contribution in [2.75, 3.05) is 6.54 Å². The van der Waals surface area contributed by atoms with E-state index in [1.54, 1.807) is 0 Å². The predicted octanol–water partition coefficient (Wildman–Crippen LogP) is 4.40. The van der Waals surface area contributed by atoms with Gasteiger partial charge in [0.1, 0.15) is 0 Å². The third-order valence-corrected chi connectivity index (χ3v) is 4.52. The Balaban J connectivity index is 1.73. The average Bonchev–Trinajstić information content (AvgIpc) is 2.39. The summed E-state index contributed by atoms with van der Waals surface area (Å²) in [5.41, 5.74) is 0.736. The number of amides is 1. The molecular formula is C16H22BrNO. The van der Waals surface area contributed by atoms with E-state index in [1.165, 1.54) is 25.7 Å². The predicted molar refractivity (Wildman–Crippen MR) is 82.2 cm³/mol. The molecule has 1 N–H and O–H groups in total. The Hall–Kier alpha value is -0.830. The van der Waals surface area contributed by atoms with Crippen molar-refractivity contribution in [2.45, 2.75) is 39.0 Å². The lowest BCUT2D eigenvalue weighted by Crippen LogP contribution is -2.27. The molecule has 1 aromatic carbocycles. The maximum Gasteiger partial charge on any atom is 0.251 e. The van der Waals surface area contributed by atoms with Crippen LogP contribution in [-0.2, 0) is 0 Å². The largest absolute Gasteiger partial charge is 0.352 e. The lowest BCUT2D eigenvalue weighted by atomic mass is 9.81. The van der Waals surface area contributed by atoms with Gasteiger partial charge in [-0.1, -0.05) is 42.1 Å². The first-order valence-corrected chi connectivity index (χ1v) is 7.98. The normalized spacial score (nSPS) is 23.1. The van der Waals surface area contributed by atoms with E-state index in [0.29, 0.717) is 0 Å². The first kappa shape index (κ1) is 14.6. The van der Waals surface area contributed by atoms with Crippen molar-refractivity contribution < 1.29 is 4.79 Å². The molecule has 0 heterocycles. The van der Waals surface area contributed by atoms with Crippen molar-refractivity contribution in [3.05, 3.63) is 34.3 Å². The van der Waals surface area contributed by atoms with Gasteiger partial charge in [-0.15, -0.1) is 0 Å². The zero-order chi connectivity index (χ0) is 13.7. The highest BCUT2D eigenvalue weighted by Gasteiger charge is 2.18. The molecule has 0 aliphatic heterocycles. The van der Waals surface area contributed by atoms with Gasteiger partial charge in [-0.2, -0.15) is 0 Å². The van der Waals surface area contributed by atoms with Crippen LogP contribution in [0, 0.1) is 11.8 Å². The number of nitrogens with one attached hydrogen (secondary N) is 1. The summed E-state index contributed by atoms with van der Waals surface area (Å²) in [6.45, 7) is 3.14.